The topological polar surface area (TPSA) is 36.4 Å². The van der Waals surface area contributed by atoms with E-state index in [1.54, 1.807) is 6.20 Å². The van der Waals surface area contributed by atoms with Crippen LogP contribution in [0.1, 0.15) is 25.8 Å². The van der Waals surface area contributed by atoms with Gasteiger partial charge in [-0.3, -0.25) is 0 Å². The second-order valence-electron chi connectivity index (χ2n) is 4.25. The number of rotatable bonds is 5. The third-order valence-electron chi connectivity index (χ3n) is 2.44. The summed E-state index contributed by atoms with van der Waals surface area (Å²) in [5, 5.41) is 9.18. The van der Waals surface area contributed by atoms with Crippen LogP contribution in [0.3, 0.4) is 0 Å². The molecule has 1 rings (SSSR count). The van der Waals surface area contributed by atoms with Gasteiger partial charge in [-0.15, -0.1) is 0 Å². The lowest BCUT2D eigenvalue weighted by atomic mass is 10.1. The van der Waals surface area contributed by atoms with Crippen molar-refractivity contribution in [3.8, 4) is 0 Å². The Hall–Kier alpha value is -1.09. The molecule has 0 atom stereocenters. The maximum atomic E-state index is 9.18. The third kappa shape index (κ3) is 3.51. The minimum Gasteiger partial charge on any atom is -0.392 e. The highest BCUT2D eigenvalue weighted by atomic mass is 16.3. The molecule has 0 saturated heterocycles. The zero-order valence-corrected chi connectivity index (χ0v) is 9.77. The molecule has 0 amide bonds. The van der Waals surface area contributed by atoms with Gasteiger partial charge in [-0.05, 0) is 18.4 Å². The summed E-state index contributed by atoms with van der Waals surface area (Å²) >= 11 is 0. The molecule has 0 fully saturated rings. The third-order valence-corrected chi connectivity index (χ3v) is 2.44. The molecular formula is C12H20N2O. The minimum absolute atomic E-state index is 0.0508. The van der Waals surface area contributed by atoms with Gasteiger partial charge in [0.05, 0.1) is 6.61 Å². The Labute approximate surface area is 91.8 Å². The summed E-state index contributed by atoms with van der Waals surface area (Å²) in [5.74, 6) is 1.58. The van der Waals surface area contributed by atoms with Crippen LogP contribution in [0.4, 0.5) is 5.82 Å². The van der Waals surface area contributed by atoms with E-state index in [4.69, 9.17) is 0 Å². The summed E-state index contributed by atoms with van der Waals surface area (Å²) in [6.45, 7) is 5.44. The average Bonchev–Trinajstić information content (AvgIpc) is 2.25. The highest BCUT2D eigenvalue weighted by molar-refractivity contribution is 5.45. The van der Waals surface area contributed by atoms with Crippen LogP contribution >= 0.6 is 0 Å². The molecule has 0 radical (unpaired) electrons. The monoisotopic (exact) mass is 208 g/mol. The maximum Gasteiger partial charge on any atom is 0.133 e. The van der Waals surface area contributed by atoms with Crippen molar-refractivity contribution in [1.29, 1.82) is 0 Å². The van der Waals surface area contributed by atoms with Crippen LogP contribution in [0.25, 0.3) is 0 Å². The van der Waals surface area contributed by atoms with Crippen LogP contribution in [0.2, 0.25) is 0 Å². The molecule has 0 unspecified atom stereocenters. The normalized spacial score (nSPS) is 10.7. The van der Waals surface area contributed by atoms with Crippen LogP contribution in [0.5, 0.6) is 0 Å². The van der Waals surface area contributed by atoms with Gasteiger partial charge in [0.15, 0.2) is 0 Å². The number of aliphatic hydroxyl groups is 1. The van der Waals surface area contributed by atoms with E-state index in [1.165, 1.54) is 0 Å². The first-order valence-corrected chi connectivity index (χ1v) is 5.41. The lowest BCUT2D eigenvalue weighted by molar-refractivity contribution is 0.281. The maximum absolute atomic E-state index is 9.18. The molecule has 3 nitrogen and oxygen atoms in total. The largest absolute Gasteiger partial charge is 0.392 e. The second-order valence-corrected chi connectivity index (χ2v) is 4.25. The highest BCUT2D eigenvalue weighted by Crippen LogP contribution is 2.16. The van der Waals surface area contributed by atoms with Crippen molar-refractivity contribution in [1.82, 2.24) is 4.98 Å². The summed E-state index contributed by atoms with van der Waals surface area (Å²) < 4.78 is 0. The van der Waals surface area contributed by atoms with E-state index >= 15 is 0 Å². The number of aromatic nitrogens is 1. The van der Waals surface area contributed by atoms with Gasteiger partial charge in [-0.2, -0.15) is 0 Å². The van der Waals surface area contributed by atoms with Crippen molar-refractivity contribution in [3.05, 3.63) is 23.9 Å². The van der Waals surface area contributed by atoms with Crippen molar-refractivity contribution in [3.63, 3.8) is 0 Å². The molecule has 0 saturated carbocycles. The van der Waals surface area contributed by atoms with E-state index in [1.807, 2.05) is 19.2 Å². The van der Waals surface area contributed by atoms with Crippen molar-refractivity contribution >= 4 is 5.82 Å². The molecule has 3 heteroatoms. The number of pyridine rings is 1. The van der Waals surface area contributed by atoms with Crippen molar-refractivity contribution in [2.24, 2.45) is 5.92 Å². The second kappa shape index (κ2) is 5.71. The summed E-state index contributed by atoms with van der Waals surface area (Å²) in [6.07, 6.45) is 2.90. The van der Waals surface area contributed by atoms with Crippen molar-refractivity contribution in [2.45, 2.75) is 26.9 Å². The molecule has 84 valence electrons. The molecule has 1 heterocycles. The van der Waals surface area contributed by atoms with E-state index in [-0.39, 0.29) is 6.61 Å². The highest BCUT2D eigenvalue weighted by Gasteiger charge is 2.07. The van der Waals surface area contributed by atoms with Crippen LogP contribution in [-0.2, 0) is 6.61 Å². The number of hydrogen-bond donors (Lipinski definition) is 1. The summed E-state index contributed by atoms with van der Waals surface area (Å²) in [6, 6.07) is 3.76. The Morgan fingerprint density at radius 1 is 1.47 bits per heavy atom. The molecule has 1 N–H and O–H groups in total. The van der Waals surface area contributed by atoms with Crippen LogP contribution in [0.15, 0.2) is 18.3 Å². The Kier molecular flexibility index (Phi) is 4.56. The predicted octanol–water partition coefficient (Wildman–Crippen LogP) is 2.06. The standard InChI is InChI=1S/C12H20N2O/c1-10(2)6-8-14(3)12-11(9-15)5-4-7-13-12/h4-5,7,10,15H,6,8-9H2,1-3H3. The van der Waals surface area contributed by atoms with Crippen LogP contribution in [-0.4, -0.2) is 23.7 Å². The van der Waals surface area contributed by atoms with Gasteiger partial charge in [0.2, 0.25) is 0 Å². The molecule has 0 aliphatic heterocycles. The fraction of sp³-hybridized carbons (Fsp3) is 0.583. The summed E-state index contributed by atoms with van der Waals surface area (Å²) in [5.41, 5.74) is 0.892. The number of anilines is 1. The van der Waals surface area contributed by atoms with Gasteiger partial charge < -0.3 is 10.0 Å². The molecular weight excluding hydrogens is 188 g/mol. The smallest absolute Gasteiger partial charge is 0.133 e. The molecule has 1 aromatic rings. The molecule has 0 aliphatic rings. The van der Waals surface area contributed by atoms with E-state index < -0.39 is 0 Å². The summed E-state index contributed by atoms with van der Waals surface area (Å²) in [7, 11) is 2.02. The first-order chi connectivity index (χ1) is 7.15. The van der Waals surface area contributed by atoms with Crippen molar-refractivity contribution < 1.29 is 5.11 Å². The molecule has 0 aromatic carbocycles. The van der Waals surface area contributed by atoms with E-state index in [2.05, 4.69) is 23.7 Å². The van der Waals surface area contributed by atoms with E-state index in [0.29, 0.717) is 5.92 Å². The van der Waals surface area contributed by atoms with Gasteiger partial charge in [-0.25, -0.2) is 4.98 Å². The lowest BCUT2D eigenvalue weighted by Gasteiger charge is -2.21. The Bertz CT molecular complexity index is 299. The first-order valence-electron chi connectivity index (χ1n) is 5.41. The number of aliphatic hydroxyl groups excluding tert-OH is 1. The van der Waals surface area contributed by atoms with Gasteiger partial charge >= 0.3 is 0 Å². The molecule has 0 bridgehead atoms. The molecule has 0 spiro atoms. The quantitative estimate of drug-likeness (QED) is 0.804. The Balaban J connectivity index is 2.68. The van der Waals surface area contributed by atoms with Gasteiger partial charge in [0.1, 0.15) is 5.82 Å². The van der Waals surface area contributed by atoms with Gasteiger partial charge in [0, 0.05) is 25.4 Å². The van der Waals surface area contributed by atoms with Gasteiger partial charge in [0.25, 0.3) is 0 Å². The summed E-state index contributed by atoms with van der Waals surface area (Å²) in [4.78, 5) is 6.40. The zero-order valence-electron chi connectivity index (χ0n) is 9.77. The Morgan fingerprint density at radius 2 is 2.20 bits per heavy atom. The van der Waals surface area contributed by atoms with E-state index in [0.717, 1.165) is 24.3 Å². The lowest BCUT2D eigenvalue weighted by Crippen LogP contribution is -2.22. The number of nitrogens with zero attached hydrogens (tertiary/aromatic N) is 2. The fourth-order valence-electron chi connectivity index (χ4n) is 1.46. The Morgan fingerprint density at radius 3 is 2.80 bits per heavy atom. The molecule has 0 aliphatic carbocycles. The fourth-order valence-corrected chi connectivity index (χ4v) is 1.46. The van der Waals surface area contributed by atoms with Crippen LogP contribution in [0, 0.1) is 5.92 Å². The minimum atomic E-state index is 0.0508. The average molecular weight is 208 g/mol. The van der Waals surface area contributed by atoms with Gasteiger partial charge in [-0.1, -0.05) is 19.9 Å². The SMILES string of the molecule is CC(C)CCN(C)c1ncccc1CO. The first kappa shape index (κ1) is 12.0. The molecule has 15 heavy (non-hydrogen) atoms. The van der Waals surface area contributed by atoms with E-state index in [9.17, 15) is 5.11 Å². The zero-order chi connectivity index (χ0) is 11.3. The molecule has 1 aromatic heterocycles. The van der Waals surface area contributed by atoms with Crippen molar-refractivity contribution in [2.75, 3.05) is 18.5 Å². The predicted molar refractivity (Wildman–Crippen MR) is 62.9 cm³/mol. The van der Waals surface area contributed by atoms with Crippen LogP contribution < -0.4 is 4.90 Å². The number of hydrogen-bond acceptors (Lipinski definition) is 3.